The lowest BCUT2D eigenvalue weighted by atomic mass is 9.73. The van der Waals surface area contributed by atoms with Crippen LogP contribution in [0.4, 0.5) is 0 Å². The van der Waals surface area contributed by atoms with Gasteiger partial charge in [-0.15, -0.1) is 0 Å². The topological polar surface area (TPSA) is 66.5 Å². The van der Waals surface area contributed by atoms with Crippen LogP contribution in [0.2, 0.25) is 0 Å². The summed E-state index contributed by atoms with van der Waals surface area (Å²) in [4.78, 5) is 0. The average molecular weight is 334 g/mol. The monoisotopic (exact) mass is 333 g/mol. The summed E-state index contributed by atoms with van der Waals surface area (Å²) in [6, 6.07) is 6.84. The van der Waals surface area contributed by atoms with E-state index in [-0.39, 0.29) is 5.92 Å². The van der Waals surface area contributed by atoms with Crippen LogP contribution >= 0.6 is 0 Å². The summed E-state index contributed by atoms with van der Waals surface area (Å²) in [7, 11) is 0. The highest BCUT2D eigenvalue weighted by Gasteiger charge is 2.38. The lowest BCUT2D eigenvalue weighted by Gasteiger charge is -2.38. The van der Waals surface area contributed by atoms with Gasteiger partial charge in [0.05, 0.1) is 5.54 Å². The largest absolute Gasteiger partial charge is 0.367 e. The van der Waals surface area contributed by atoms with Crippen molar-refractivity contribution in [2.45, 2.75) is 89.9 Å². The second-order valence-corrected chi connectivity index (χ2v) is 7.80. The lowest BCUT2D eigenvalue weighted by Crippen LogP contribution is -2.55. The number of aliphatic hydroxyl groups is 2. The Kier molecular flexibility index (Phi) is 7.27. The van der Waals surface area contributed by atoms with Gasteiger partial charge in [-0.25, -0.2) is 0 Å². The number of aryl methyl sites for hydroxylation is 2. The van der Waals surface area contributed by atoms with Crippen molar-refractivity contribution >= 4 is 0 Å². The quantitative estimate of drug-likeness (QED) is 0.476. The second-order valence-electron chi connectivity index (χ2n) is 7.80. The highest BCUT2D eigenvalue weighted by Crippen LogP contribution is 2.33. The molecule has 2 atom stereocenters. The molecule has 1 aliphatic carbocycles. The molecular weight excluding hydrogens is 298 g/mol. The van der Waals surface area contributed by atoms with Crippen LogP contribution in [0.25, 0.3) is 0 Å². The van der Waals surface area contributed by atoms with Crippen LogP contribution in [-0.2, 0) is 19.3 Å². The summed E-state index contributed by atoms with van der Waals surface area (Å²) in [6.45, 7) is 4.01. The molecule has 0 saturated heterocycles. The minimum atomic E-state index is -1.46. The fraction of sp³-hybridized carbons (Fsp3) is 0.714. The summed E-state index contributed by atoms with van der Waals surface area (Å²) in [5.74, 6) is 0.120. The normalized spacial score (nSPS) is 20.0. The summed E-state index contributed by atoms with van der Waals surface area (Å²) in [5.41, 5.74) is 9.40. The van der Waals surface area contributed by atoms with Crippen LogP contribution in [0.3, 0.4) is 0 Å². The molecule has 0 amide bonds. The number of nitrogens with two attached hydrogens (primary N) is 1. The molecule has 1 aromatic rings. The molecule has 0 saturated carbocycles. The van der Waals surface area contributed by atoms with Crippen molar-refractivity contribution in [1.82, 2.24) is 0 Å². The third-order valence-corrected chi connectivity index (χ3v) is 5.75. The first-order valence-electron chi connectivity index (χ1n) is 9.70. The molecule has 0 radical (unpaired) electrons. The first kappa shape index (κ1) is 19.4. The molecule has 2 rings (SSSR count). The van der Waals surface area contributed by atoms with Gasteiger partial charge in [0.15, 0.2) is 6.29 Å². The Morgan fingerprint density at radius 3 is 2.54 bits per heavy atom. The Hall–Kier alpha value is -0.900. The van der Waals surface area contributed by atoms with Gasteiger partial charge in [0.25, 0.3) is 0 Å². The van der Waals surface area contributed by atoms with Crippen LogP contribution in [-0.4, -0.2) is 22.0 Å². The van der Waals surface area contributed by atoms with Crippen molar-refractivity contribution in [2.75, 3.05) is 0 Å². The summed E-state index contributed by atoms with van der Waals surface area (Å²) < 4.78 is 0. The summed E-state index contributed by atoms with van der Waals surface area (Å²) in [6.07, 6.45) is 10.5. The Bertz CT molecular complexity index is 511. The third kappa shape index (κ3) is 5.05. The van der Waals surface area contributed by atoms with E-state index in [9.17, 15) is 10.2 Å². The van der Waals surface area contributed by atoms with Gasteiger partial charge in [0.1, 0.15) is 0 Å². The van der Waals surface area contributed by atoms with E-state index in [0.717, 1.165) is 19.3 Å². The van der Waals surface area contributed by atoms with Crippen molar-refractivity contribution in [3.05, 3.63) is 34.9 Å². The summed E-state index contributed by atoms with van der Waals surface area (Å²) in [5, 5.41) is 19.1. The molecule has 1 aliphatic rings. The van der Waals surface area contributed by atoms with Crippen LogP contribution in [0.5, 0.6) is 0 Å². The van der Waals surface area contributed by atoms with E-state index >= 15 is 0 Å². The number of hydrogen-bond donors (Lipinski definition) is 3. The molecular formula is C21H35NO2. The Morgan fingerprint density at radius 1 is 1.12 bits per heavy atom. The SMILES string of the molecule is CCCCCCCCc1ccc2c(c1)CC[C@H](C(C)(N)C(O)O)C2. The molecule has 3 nitrogen and oxygen atoms in total. The highest BCUT2D eigenvalue weighted by atomic mass is 16.5. The van der Waals surface area contributed by atoms with Crippen molar-refractivity contribution in [3.8, 4) is 0 Å². The second kappa shape index (κ2) is 8.98. The maximum Gasteiger partial charge on any atom is 0.169 e. The molecule has 1 unspecified atom stereocenters. The van der Waals surface area contributed by atoms with Gasteiger partial charge in [-0.1, -0.05) is 57.2 Å². The van der Waals surface area contributed by atoms with E-state index in [1.165, 1.54) is 61.6 Å². The first-order chi connectivity index (χ1) is 11.4. The summed E-state index contributed by atoms with van der Waals surface area (Å²) >= 11 is 0. The van der Waals surface area contributed by atoms with Gasteiger partial charge < -0.3 is 15.9 Å². The van der Waals surface area contributed by atoms with Crippen LogP contribution < -0.4 is 5.73 Å². The Balaban J connectivity index is 1.87. The van der Waals surface area contributed by atoms with Crippen LogP contribution in [0.15, 0.2) is 18.2 Å². The lowest BCUT2D eigenvalue weighted by molar-refractivity contribution is -0.110. The van der Waals surface area contributed by atoms with E-state index in [1.54, 1.807) is 6.92 Å². The Morgan fingerprint density at radius 2 is 1.83 bits per heavy atom. The number of benzene rings is 1. The third-order valence-electron chi connectivity index (χ3n) is 5.75. The smallest absolute Gasteiger partial charge is 0.169 e. The number of rotatable bonds is 9. The molecule has 0 bridgehead atoms. The predicted octanol–water partition coefficient (Wildman–Crippen LogP) is 3.72. The number of aliphatic hydroxyl groups excluding tert-OH is 1. The standard InChI is InChI=1S/C21H35NO2/c1-3-4-5-6-7-8-9-16-10-11-18-15-19(13-12-17(18)14-16)21(2,22)20(23)24/h10-11,14,19-20,23-24H,3-9,12-13,15,22H2,1-2H3/t19-,21?/m0/s1. The van der Waals surface area contributed by atoms with E-state index in [1.807, 2.05) is 0 Å². The number of fused-ring (bicyclic) bond motifs is 1. The van der Waals surface area contributed by atoms with Gasteiger partial charge >= 0.3 is 0 Å². The minimum Gasteiger partial charge on any atom is -0.367 e. The van der Waals surface area contributed by atoms with E-state index in [2.05, 4.69) is 25.1 Å². The molecule has 4 N–H and O–H groups in total. The molecule has 136 valence electrons. The van der Waals surface area contributed by atoms with E-state index in [4.69, 9.17) is 5.73 Å². The van der Waals surface area contributed by atoms with Gasteiger partial charge in [-0.2, -0.15) is 0 Å². The first-order valence-corrected chi connectivity index (χ1v) is 9.70. The van der Waals surface area contributed by atoms with E-state index < -0.39 is 11.8 Å². The van der Waals surface area contributed by atoms with Crippen molar-refractivity contribution in [3.63, 3.8) is 0 Å². The molecule has 0 fully saturated rings. The molecule has 1 aromatic carbocycles. The average Bonchev–Trinajstić information content (AvgIpc) is 2.57. The van der Waals surface area contributed by atoms with Gasteiger partial charge in [-0.3, -0.25) is 0 Å². The van der Waals surface area contributed by atoms with Gasteiger partial charge in [0, 0.05) is 0 Å². The predicted molar refractivity (Wildman–Crippen MR) is 99.9 cm³/mol. The molecule has 3 heteroatoms. The fourth-order valence-corrected chi connectivity index (χ4v) is 3.82. The molecule has 0 heterocycles. The number of hydrogen-bond acceptors (Lipinski definition) is 3. The Labute approximate surface area is 147 Å². The maximum absolute atomic E-state index is 9.53. The van der Waals surface area contributed by atoms with Crippen molar-refractivity contribution in [1.29, 1.82) is 0 Å². The van der Waals surface area contributed by atoms with E-state index in [0.29, 0.717) is 0 Å². The molecule has 0 spiro atoms. The maximum atomic E-state index is 9.53. The minimum absolute atomic E-state index is 0.120. The zero-order chi connectivity index (χ0) is 17.6. The zero-order valence-corrected chi connectivity index (χ0v) is 15.4. The van der Waals surface area contributed by atoms with Crippen molar-refractivity contribution < 1.29 is 10.2 Å². The molecule has 24 heavy (non-hydrogen) atoms. The van der Waals surface area contributed by atoms with Crippen LogP contribution in [0, 0.1) is 5.92 Å². The van der Waals surface area contributed by atoms with Gasteiger partial charge in [0.2, 0.25) is 0 Å². The molecule has 0 aliphatic heterocycles. The zero-order valence-electron chi connectivity index (χ0n) is 15.4. The number of unbranched alkanes of at least 4 members (excludes halogenated alkanes) is 5. The van der Waals surface area contributed by atoms with Crippen LogP contribution in [0.1, 0.15) is 75.5 Å². The van der Waals surface area contributed by atoms with Crippen molar-refractivity contribution in [2.24, 2.45) is 11.7 Å². The van der Waals surface area contributed by atoms with Gasteiger partial charge in [-0.05, 0) is 61.6 Å². The highest BCUT2D eigenvalue weighted by molar-refractivity contribution is 5.35. The molecule has 0 aromatic heterocycles. The fourth-order valence-electron chi connectivity index (χ4n) is 3.82.